The Bertz CT molecular complexity index is 1670. The van der Waals surface area contributed by atoms with Crippen LogP contribution in [0.2, 0.25) is 0 Å². The zero-order valence-corrected chi connectivity index (χ0v) is 47.1. The van der Waals surface area contributed by atoms with E-state index < -0.39 is 17.5 Å². The summed E-state index contributed by atoms with van der Waals surface area (Å²) in [5, 5.41) is 49.9. The molecule has 0 radical (unpaired) electrons. The van der Waals surface area contributed by atoms with Gasteiger partial charge in [-0.25, -0.2) is 9.59 Å². The zero-order valence-electron chi connectivity index (χ0n) is 33.9. The van der Waals surface area contributed by atoms with Gasteiger partial charge in [-0.3, -0.25) is 0 Å². The number of halogens is 6. The molecule has 0 amide bonds. The maximum absolute atomic E-state index is 12.3. The van der Waals surface area contributed by atoms with E-state index in [2.05, 4.69) is 111 Å². The molecule has 0 heterocycles. The molecule has 57 heavy (non-hydrogen) atoms. The van der Waals surface area contributed by atoms with Crippen LogP contribution in [-0.2, 0) is 22.3 Å². The minimum absolute atomic E-state index is 0. The van der Waals surface area contributed by atoms with E-state index in [4.69, 9.17) is 4.74 Å². The third-order valence-corrected chi connectivity index (χ3v) is 9.28. The van der Waals surface area contributed by atoms with Crippen LogP contribution >= 0.6 is 98.4 Å². The number of carbonyl (C=O) groups is 2. The molecule has 0 saturated carbocycles. The molecule has 0 bridgehead atoms. The van der Waals surface area contributed by atoms with Gasteiger partial charge in [-0.1, -0.05) is 76.1 Å². The van der Waals surface area contributed by atoms with Crippen molar-refractivity contribution >= 4 is 116 Å². The van der Waals surface area contributed by atoms with Crippen LogP contribution < -0.4 is 13.3 Å². The van der Waals surface area contributed by atoms with Crippen molar-refractivity contribution in [2.24, 2.45) is 17.8 Å². The summed E-state index contributed by atoms with van der Waals surface area (Å²) in [6.07, 6.45) is 12.6. The molecule has 9 nitrogen and oxygen atoms in total. The van der Waals surface area contributed by atoms with Crippen LogP contribution in [0.3, 0.4) is 0 Å². The number of hydrogen-bond acceptors (Lipinski definition) is 9. The number of aryl methyl sites for hydroxylation is 2. The van der Waals surface area contributed by atoms with E-state index >= 15 is 0 Å². The molecule has 0 saturated heterocycles. The third kappa shape index (κ3) is 19.6. The number of phenols is 4. The molecule has 2 aromatic rings. The van der Waals surface area contributed by atoms with Crippen molar-refractivity contribution in [1.29, 1.82) is 0 Å². The average molecular weight is 1470 g/mol. The fraction of sp³-hybridized carbons (Fsp3) is 0.476. The van der Waals surface area contributed by atoms with Gasteiger partial charge in [0.2, 0.25) is 0 Å². The summed E-state index contributed by atoms with van der Waals surface area (Å²) in [6.45, 7) is 19.8. The molecule has 4 rings (SSSR count). The van der Waals surface area contributed by atoms with Gasteiger partial charge in [0.15, 0.2) is 0 Å². The quantitative estimate of drug-likeness (QED) is 0.0938. The molecule has 15 heteroatoms. The summed E-state index contributed by atoms with van der Waals surface area (Å²) in [5.41, 5.74) is 4.26. The first-order valence-electron chi connectivity index (χ1n) is 18.1. The van der Waals surface area contributed by atoms with Crippen LogP contribution in [-0.4, -0.2) is 57.3 Å². The van der Waals surface area contributed by atoms with Crippen molar-refractivity contribution in [3.8, 4) is 23.0 Å². The van der Waals surface area contributed by atoms with Gasteiger partial charge in [-0.2, -0.15) is 0 Å². The molecular formula is C42H59I6O9-. The normalized spacial score (nSPS) is 19.1. The van der Waals surface area contributed by atoms with E-state index in [1.165, 1.54) is 25.9 Å². The number of allylic oxidation sites excluding steroid dienone is 5. The van der Waals surface area contributed by atoms with E-state index in [1.807, 2.05) is 40.7 Å². The van der Waals surface area contributed by atoms with E-state index in [9.17, 15) is 35.1 Å². The first kappa shape index (κ1) is 59.0. The van der Waals surface area contributed by atoms with Crippen LogP contribution in [0, 0.1) is 17.8 Å². The van der Waals surface area contributed by atoms with Crippen LogP contribution in [0.5, 0.6) is 23.0 Å². The molecular weight excluding hydrogens is 1410 g/mol. The Hall–Kier alpha value is -0.120. The van der Waals surface area contributed by atoms with E-state index in [1.54, 1.807) is 6.07 Å². The Morgan fingerprint density at radius 1 is 0.860 bits per heavy atom. The van der Waals surface area contributed by atoms with E-state index in [-0.39, 0.29) is 64.0 Å². The third-order valence-electron chi connectivity index (χ3n) is 9.28. The van der Waals surface area contributed by atoms with Crippen LogP contribution in [0.1, 0.15) is 117 Å². The van der Waals surface area contributed by atoms with Gasteiger partial charge >= 0.3 is 62.4 Å². The first-order chi connectivity index (χ1) is 26.3. The Kier molecular flexibility index (Phi) is 31.9. The number of phenolic OH excluding ortho intramolecular Hbond substituents is 4. The van der Waals surface area contributed by atoms with Crippen LogP contribution in [0.25, 0.3) is 5.57 Å². The number of carbonyl (C=O) groups excluding carboxylic acids is 2. The van der Waals surface area contributed by atoms with Crippen LogP contribution in [0.15, 0.2) is 60.7 Å². The average Bonchev–Trinajstić information content (AvgIpc) is 3.12. The second-order valence-electron chi connectivity index (χ2n) is 14.0. The first-order valence-corrected chi connectivity index (χ1v) is 36.9. The van der Waals surface area contributed by atoms with Gasteiger partial charge in [0.05, 0.1) is 25.4 Å². The Morgan fingerprint density at radius 2 is 1.37 bits per heavy atom. The fourth-order valence-electron chi connectivity index (χ4n) is 6.48. The number of benzene rings is 2. The minimum atomic E-state index is -0.587. The fourth-order valence-corrected chi connectivity index (χ4v) is 6.48. The molecule has 2 aromatic carbocycles. The predicted octanol–water partition coefficient (Wildman–Crippen LogP) is 10.1. The Labute approximate surface area is 410 Å². The molecule has 0 fully saturated rings. The van der Waals surface area contributed by atoms with Crippen molar-refractivity contribution < 1.29 is 57.9 Å². The molecule has 324 valence electrons. The van der Waals surface area contributed by atoms with E-state index in [0.717, 1.165) is 55.7 Å². The van der Waals surface area contributed by atoms with Crippen molar-refractivity contribution in [1.82, 2.24) is 0 Å². The second kappa shape index (κ2) is 30.8. The molecule has 2 aliphatic rings. The number of aromatic hydroxyl groups is 4. The van der Waals surface area contributed by atoms with E-state index in [0.29, 0.717) is 54.6 Å². The molecule has 0 aliphatic heterocycles. The summed E-state index contributed by atoms with van der Waals surface area (Å²) in [7, 11) is 2.55. The van der Waals surface area contributed by atoms with Crippen molar-refractivity contribution in [3.05, 3.63) is 88.5 Å². The van der Waals surface area contributed by atoms with Gasteiger partial charge in [0, 0.05) is 49.2 Å². The SMILES string of the molecule is C=C(C)[C@@H]1C=CC(C)(O)CC1.C=C(C)[C@H]1CCC(C)C=C1c1c(O)cc(CCC)c(C(=O)OC)c1O.CCCc1cc(O)cc(O)c1C(=O)OC.I.II.I[I-]I. The standard InChI is InChI=1S/C21H28O4.C11H14O4.C10H16O.I3.I2.HI/c1-6-7-14-11-17(22)19(20(23)18(14)21(24)25-5)16-10-13(4)8-9-15(16)12(2)3;1-3-4-7-5-8(12)6-9(13)10(7)11(14)15-2;1-8(2)9-4-6-10(3,11)7-5-9;1-3-2;1-2;/h10-11,13,15,22-23H,2,6-9H2,1,3-5H3;5-6,12-13H,3-4H2,1-2H3;4,6,9,11H,1,5,7H2,2-3H3;;;1H/q;;;-1;;/t13?,15-;;9-,10?;;;/m1.1.../s1. The number of rotatable bonds is 9. The summed E-state index contributed by atoms with van der Waals surface area (Å²) in [6, 6.07) is 4.18. The molecule has 2 aliphatic carbocycles. The van der Waals surface area contributed by atoms with Crippen LogP contribution in [0.4, 0.5) is 0 Å². The van der Waals surface area contributed by atoms with Gasteiger partial charge in [0.25, 0.3) is 0 Å². The van der Waals surface area contributed by atoms with Crippen molar-refractivity contribution in [3.63, 3.8) is 0 Å². The second-order valence-corrected chi connectivity index (χ2v) is 30.2. The number of ether oxygens (including phenoxy) is 2. The monoisotopic (exact) mass is 1470 g/mol. The molecule has 0 spiro atoms. The number of hydrogen-bond donors (Lipinski definition) is 5. The summed E-state index contributed by atoms with van der Waals surface area (Å²) in [4.78, 5) is 23.6. The molecule has 5 N–H and O–H groups in total. The van der Waals surface area contributed by atoms with Gasteiger partial charge in [0.1, 0.15) is 34.1 Å². The maximum atomic E-state index is 12.3. The summed E-state index contributed by atoms with van der Waals surface area (Å²) in [5.74, 6) is -0.794. The molecule has 4 atom stereocenters. The van der Waals surface area contributed by atoms with Gasteiger partial charge < -0.3 is 35.0 Å². The topological polar surface area (TPSA) is 154 Å². The molecule has 2 unspecified atom stereocenters. The molecule has 0 aromatic heterocycles. The Morgan fingerprint density at radius 3 is 1.81 bits per heavy atom. The van der Waals surface area contributed by atoms with Gasteiger partial charge in [-0.05, 0) is 100.0 Å². The summed E-state index contributed by atoms with van der Waals surface area (Å²) >= 11 is 9.54. The number of methoxy groups -OCH3 is 2. The van der Waals surface area contributed by atoms with Crippen molar-refractivity contribution in [2.45, 2.75) is 98.5 Å². The van der Waals surface area contributed by atoms with Gasteiger partial charge in [-0.15, -0.1) is 24.0 Å². The zero-order chi connectivity index (χ0) is 43.3. The number of esters is 2. The summed E-state index contributed by atoms with van der Waals surface area (Å²) < 4.78 is 9.43. The van der Waals surface area contributed by atoms with Crippen molar-refractivity contribution in [2.75, 3.05) is 14.2 Å². The predicted molar refractivity (Wildman–Crippen MR) is 274 cm³/mol. The Balaban J connectivity index is 0. The number of aliphatic hydroxyl groups is 1.